The summed E-state index contributed by atoms with van der Waals surface area (Å²) in [5, 5.41) is 8.80. The van der Waals surface area contributed by atoms with Crippen LogP contribution >= 0.6 is 0 Å². The van der Waals surface area contributed by atoms with E-state index in [1.54, 1.807) is 4.90 Å². The number of rotatable bonds is 2. The largest absolute Gasteiger partial charge is 0.329 e. The fourth-order valence-corrected chi connectivity index (χ4v) is 6.04. The van der Waals surface area contributed by atoms with Crippen LogP contribution in [0.25, 0.3) is 0 Å². The summed E-state index contributed by atoms with van der Waals surface area (Å²) in [5.41, 5.74) is 0. The molecule has 3 nitrogen and oxygen atoms in total. The summed E-state index contributed by atoms with van der Waals surface area (Å²) >= 11 is 0. The normalized spacial score (nSPS) is 47.7. The highest BCUT2D eigenvalue weighted by Gasteiger charge is 2.52. The smallest absolute Gasteiger partial charge is 0.223 e. The van der Waals surface area contributed by atoms with Crippen LogP contribution in [-0.2, 0) is 4.79 Å². The van der Waals surface area contributed by atoms with Crippen molar-refractivity contribution in [2.24, 2.45) is 35.5 Å². The summed E-state index contributed by atoms with van der Waals surface area (Å²) in [6.45, 7) is 1.15. The van der Waals surface area contributed by atoms with Crippen molar-refractivity contribution in [1.82, 2.24) is 4.90 Å². The lowest BCUT2D eigenvalue weighted by molar-refractivity contribution is -0.127. The van der Waals surface area contributed by atoms with Crippen LogP contribution in [0.3, 0.4) is 0 Å². The number of nitrogens with zero attached hydrogens (tertiary/aromatic N) is 2. The number of nitriles is 1. The van der Waals surface area contributed by atoms with E-state index < -0.39 is 0 Å². The first-order chi connectivity index (χ1) is 9.24. The SMILES string of the molecule is N#CCN1CC(C2C3CC4CC(C3)CC2C4)CC1=O. The molecule has 5 aliphatic rings. The summed E-state index contributed by atoms with van der Waals surface area (Å²) in [4.78, 5) is 13.8. The van der Waals surface area contributed by atoms with Crippen molar-refractivity contribution in [3.8, 4) is 6.07 Å². The van der Waals surface area contributed by atoms with Gasteiger partial charge in [-0.2, -0.15) is 5.26 Å². The minimum atomic E-state index is 0.223. The third-order valence-corrected chi connectivity index (χ3v) is 6.35. The Bertz CT molecular complexity index is 411. The van der Waals surface area contributed by atoms with Gasteiger partial charge in [0.25, 0.3) is 0 Å². The molecule has 5 fully saturated rings. The molecule has 4 bridgehead atoms. The van der Waals surface area contributed by atoms with E-state index in [1.807, 2.05) is 0 Å². The standard InChI is InChI=1S/C16H22N2O/c17-1-2-18-9-14(8-15(18)19)16-12-4-10-3-11(6-12)7-13(16)5-10/h10-14,16H,2-9H2. The van der Waals surface area contributed by atoms with Gasteiger partial charge in [0.2, 0.25) is 5.91 Å². The molecule has 0 radical (unpaired) electrons. The summed E-state index contributed by atoms with van der Waals surface area (Å²) in [6, 6.07) is 2.13. The molecule has 5 rings (SSSR count). The fourth-order valence-electron chi connectivity index (χ4n) is 6.04. The maximum Gasteiger partial charge on any atom is 0.223 e. The van der Waals surface area contributed by atoms with Gasteiger partial charge in [-0.3, -0.25) is 4.79 Å². The number of amides is 1. The van der Waals surface area contributed by atoms with Crippen molar-refractivity contribution in [2.45, 2.75) is 38.5 Å². The van der Waals surface area contributed by atoms with Crippen LogP contribution < -0.4 is 0 Å². The Labute approximate surface area is 115 Å². The Morgan fingerprint density at radius 1 is 1.05 bits per heavy atom. The van der Waals surface area contributed by atoms with Gasteiger partial charge in [0, 0.05) is 13.0 Å². The van der Waals surface area contributed by atoms with Crippen LogP contribution in [0.1, 0.15) is 38.5 Å². The van der Waals surface area contributed by atoms with E-state index in [9.17, 15) is 4.79 Å². The van der Waals surface area contributed by atoms with Crippen LogP contribution in [0, 0.1) is 46.8 Å². The molecule has 19 heavy (non-hydrogen) atoms. The highest BCUT2D eigenvalue weighted by Crippen LogP contribution is 2.59. The van der Waals surface area contributed by atoms with Crippen LogP contribution in [0.2, 0.25) is 0 Å². The molecule has 0 aromatic heterocycles. The van der Waals surface area contributed by atoms with Gasteiger partial charge >= 0.3 is 0 Å². The Kier molecular flexibility index (Phi) is 2.62. The highest BCUT2D eigenvalue weighted by molar-refractivity contribution is 5.78. The minimum absolute atomic E-state index is 0.223. The van der Waals surface area contributed by atoms with Crippen molar-refractivity contribution in [1.29, 1.82) is 5.26 Å². The Balaban J connectivity index is 1.51. The zero-order valence-corrected chi connectivity index (χ0v) is 11.4. The molecule has 1 unspecified atom stereocenters. The van der Waals surface area contributed by atoms with Crippen molar-refractivity contribution < 1.29 is 4.79 Å². The minimum Gasteiger partial charge on any atom is -0.329 e. The second-order valence-electron chi connectivity index (χ2n) is 7.40. The number of hydrogen-bond donors (Lipinski definition) is 0. The third-order valence-electron chi connectivity index (χ3n) is 6.35. The van der Waals surface area contributed by atoms with Crippen LogP contribution in [0.5, 0.6) is 0 Å². The second-order valence-corrected chi connectivity index (χ2v) is 7.40. The average molecular weight is 258 g/mol. The lowest BCUT2D eigenvalue weighted by Gasteiger charge is -2.56. The Morgan fingerprint density at radius 3 is 2.26 bits per heavy atom. The van der Waals surface area contributed by atoms with Gasteiger partial charge in [0.1, 0.15) is 6.54 Å². The molecule has 102 valence electrons. The average Bonchev–Trinajstić information content (AvgIpc) is 2.70. The third kappa shape index (κ3) is 1.80. The Morgan fingerprint density at radius 2 is 1.68 bits per heavy atom. The number of likely N-dealkylation sites (tertiary alicyclic amines) is 1. The summed E-state index contributed by atoms with van der Waals surface area (Å²) in [6.07, 6.45) is 7.93. The molecule has 0 N–H and O–H groups in total. The summed E-state index contributed by atoms with van der Waals surface area (Å²) in [5.74, 6) is 5.38. The Hall–Kier alpha value is -1.04. The van der Waals surface area contributed by atoms with E-state index in [-0.39, 0.29) is 5.91 Å². The van der Waals surface area contributed by atoms with Crippen molar-refractivity contribution in [3.05, 3.63) is 0 Å². The van der Waals surface area contributed by atoms with E-state index in [0.717, 1.165) is 36.1 Å². The lowest BCUT2D eigenvalue weighted by Crippen LogP contribution is -2.48. The maximum absolute atomic E-state index is 12.0. The van der Waals surface area contributed by atoms with Crippen LogP contribution in [0.4, 0.5) is 0 Å². The molecule has 1 heterocycles. The van der Waals surface area contributed by atoms with Gasteiger partial charge in [-0.15, -0.1) is 0 Å². The van der Waals surface area contributed by atoms with Gasteiger partial charge in [-0.25, -0.2) is 0 Å². The number of hydrogen-bond acceptors (Lipinski definition) is 2. The van der Waals surface area contributed by atoms with E-state index in [2.05, 4.69) is 6.07 Å². The predicted molar refractivity (Wildman–Crippen MR) is 70.8 cm³/mol. The first-order valence-electron chi connectivity index (χ1n) is 7.89. The molecule has 1 saturated heterocycles. The van der Waals surface area contributed by atoms with Crippen molar-refractivity contribution >= 4 is 5.91 Å². The fraction of sp³-hybridized carbons (Fsp3) is 0.875. The molecule has 4 aliphatic carbocycles. The van der Waals surface area contributed by atoms with Gasteiger partial charge in [-0.1, -0.05) is 0 Å². The molecule has 1 aliphatic heterocycles. The van der Waals surface area contributed by atoms with Crippen LogP contribution in [-0.4, -0.2) is 23.9 Å². The second kappa shape index (κ2) is 4.23. The predicted octanol–water partition coefficient (Wildman–Crippen LogP) is 2.43. The van der Waals surface area contributed by atoms with Gasteiger partial charge in [0.15, 0.2) is 0 Å². The van der Waals surface area contributed by atoms with Gasteiger partial charge < -0.3 is 4.90 Å². The molecule has 3 heteroatoms. The molecule has 0 aromatic carbocycles. The number of carbonyl (C=O) groups excluding carboxylic acids is 1. The first-order valence-corrected chi connectivity index (χ1v) is 7.89. The molecule has 0 aromatic rings. The maximum atomic E-state index is 12.0. The van der Waals surface area contributed by atoms with E-state index >= 15 is 0 Å². The zero-order valence-electron chi connectivity index (χ0n) is 11.4. The topological polar surface area (TPSA) is 44.1 Å². The van der Waals surface area contributed by atoms with E-state index in [0.29, 0.717) is 18.9 Å². The molecule has 1 amide bonds. The lowest BCUT2D eigenvalue weighted by atomic mass is 9.49. The summed E-state index contributed by atoms with van der Waals surface area (Å²) in [7, 11) is 0. The molecule has 0 spiro atoms. The number of carbonyl (C=O) groups is 1. The van der Waals surface area contributed by atoms with Gasteiger partial charge in [-0.05, 0) is 67.6 Å². The van der Waals surface area contributed by atoms with E-state index in [1.165, 1.54) is 32.1 Å². The molecule has 1 atom stereocenters. The molecular formula is C16H22N2O. The van der Waals surface area contributed by atoms with Crippen molar-refractivity contribution in [3.63, 3.8) is 0 Å². The zero-order chi connectivity index (χ0) is 13.0. The first kappa shape index (κ1) is 11.8. The molecule has 4 saturated carbocycles. The molecular weight excluding hydrogens is 236 g/mol. The highest BCUT2D eigenvalue weighted by atomic mass is 16.2. The monoisotopic (exact) mass is 258 g/mol. The van der Waals surface area contributed by atoms with Gasteiger partial charge in [0.05, 0.1) is 6.07 Å². The van der Waals surface area contributed by atoms with Crippen LogP contribution in [0.15, 0.2) is 0 Å². The van der Waals surface area contributed by atoms with E-state index in [4.69, 9.17) is 5.26 Å². The van der Waals surface area contributed by atoms with Crippen molar-refractivity contribution in [2.75, 3.05) is 13.1 Å². The summed E-state index contributed by atoms with van der Waals surface area (Å²) < 4.78 is 0. The quantitative estimate of drug-likeness (QED) is 0.714.